The lowest BCUT2D eigenvalue weighted by molar-refractivity contribution is -0.118. The number of aromatic nitrogens is 2. The van der Waals surface area contributed by atoms with Crippen molar-refractivity contribution in [2.45, 2.75) is 70.5 Å². The first-order valence-corrected chi connectivity index (χ1v) is 11.8. The summed E-state index contributed by atoms with van der Waals surface area (Å²) in [5.41, 5.74) is 2.30. The Labute approximate surface area is 175 Å². The molecule has 2 heterocycles. The fourth-order valence-corrected chi connectivity index (χ4v) is 5.77. The highest BCUT2D eigenvalue weighted by Gasteiger charge is 2.22. The van der Waals surface area contributed by atoms with E-state index in [0.717, 1.165) is 27.0 Å². The second-order valence-corrected chi connectivity index (χ2v) is 9.55. The minimum absolute atomic E-state index is 0.0247. The van der Waals surface area contributed by atoms with Crippen molar-refractivity contribution in [2.75, 3.05) is 12.3 Å². The van der Waals surface area contributed by atoms with E-state index in [2.05, 4.69) is 23.7 Å². The molecule has 1 amide bonds. The predicted octanol–water partition coefficient (Wildman–Crippen LogP) is 4.72. The maximum absolute atomic E-state index is 12.7. The third-order valence-corrected chi connectivity index (χ3v) is 7.45. The van der Waals surface area contributed by atoms with Crippen LogP contribution in [0.4, 0.5) is 0 Å². The van der Waals surface area contributed by atoms with Crippen molar-refractivity contribution in [3.05, 3.63) is 33.3 Å². The number of nitrogens with one attached hydrogen (secondary N) is 1. The van der Waals surface area contributed by atoms with Crippen LogP contribution < -0.4 is 5.32 Å². The van der Waals surface area contributed by atoms with E-state index in [9.17, 15) is 9.59 Å². The molecule has 1 aliphatic rings. The highest BCUT2D eigenvalue weighted by molar-refractivity contribution is 7.99. The van der Waals surface area contributed by atoms with E-state index in [1.54, 1.807) is 11.8 Å². The van der Waals surface area contributed by atoms with Crippen LogP contribution in [0.25, 0.3) is 0 Å². The molecule has 5 nitrogen and oxygen atoms in total. The van der Waals surface area contributed by atoms with Crippen LogP contribution in [0.1, 0.15) is 71.0 Å². The molecule has 3 rings (SSSR count). The topological polar surface area (TPSA) is 64.0 Å². The van der Waals surface area contributed by atoms with E-state index in [0.29, 0.717) is 18.3 Å². The molecule has 1 aliphatic carbocycles. The van der Waals surface area contributed by atoms with Gasteiger partial charge in [-0.2, -0.15) is 0 Å². The van der Waals surface area contributed by atoms with Gasteiger partial charge >= 0.3 is 0 Å². The maximum Gasteiger partial charge on any atom is 0.216 e. The van der Waals surface area contributed by atoms with E-state index in [1.165, 1.54) is 56.1 Å². The lowest BCUT2D eigenvalue weighted by Gasteiger charge is -2.26. The molecule has 0 spiro atoms. The molecule has 0 aromatic carbocycles. The fourth-order valence-electron chi connectivity index (χ4n) is 3.69. The van der Waals surface area contributed by atoms with Gasteiger partial charge in [0.2, 0.25) is 5.91 Å². The zero-order valence-electron chi connectivity index (χ0n) is 16.9. The summed E-state index contributed by atoms with van der Waals surface area (Å²) in [6.07, 6.45) is 7.06. The number of Topliss-reactive ketones (excluding diaryl/α,β-unsaturated/α-hetero) is 1. The number of thiophene rings is 1. The monoisotopic (exact) mass is 419 g/mol. The molecular formula is C21H29N3O2S2. The summed E-state index contributed by atoms with van der Waals surface area (Å²) in [5.74, 6) is 0.534. The normalized spacial score (nSPS) is 15.0. The van der Waals surface area contributed by atoms with Crippen molar-refractivity contribution in [3.63, 3.8) is 0 Å². The molecule has 7 heteroatoms. The zero-order chi connectivity index (χ0) is 20.1. The van der Waals surface area contributed by atoms with Gasteiger partial charge in [-0.1, -0.05) is 31.0 Å². The number of hydrogen-bond acceptors (Lipinski definition) is 5. The van der Waals surface area contributed by atoms with Gasteiger partial charge in [-0.05, 0) is 45.2 Å². The molecule has 1 saturated carbocycles. The third kappa shape index (κ3) is 5.26. The first-order valence-electron chi connectivity index (χ1n) is 10.00. The number of hydrogen-bond donors (Lipinski definition) is 1. The summed E-state index contributed by atoms with van der Waals surface area (Å²) >= 11 is 3.09. The van der Waals surface area contributed by atoms with Gasteiger partial charge in [0.1, 0.15) is 0 Å². The van der Waals surface area contributed by atoms with Crippen LogP contribution in [-0.2, 0) is 11.2 Å². The number of imidazole rings is 1. The van der Waals surface area contributed by atoms with E-state index in [1.807, 2.05) is 12.1 Å². The van der Waals surface area contributed by atoms with Crippen LogP contribution >= 0.6 is 23.1 Å². The van der Waals surface area contributed by atoms with Gasteiger partial charge in [0, 0.05) is 30.1 Å². The second-order valence-electron chi connectivity index (χ2n) is 7.44. The zero-order valence-corrected chi connectivity index (χ0v) is 18.5. The first-order chi connectivity index (χ1) is 13.5. The van der Waals surface area contributed by atoms with Gasteiger partial charge in [0.05, 0.1) is 16.3 Å². The highest BCUT2D eigenvalue weighted by Crippen LogP contribution is 2.34. The summed E-state index contributed by atoms with van der Waals surface area (Å²) in [4.78, 5) is 30.3. The van der Waals surface area contributed by atoms with Crippen LogP contribution in [0.3, 0.4) is 0 Å². The van der Waals surface area contributed by atoms with E-state index < -0.39 is 0 Å². The molecule has 0 aliphatic heterocycles. The number of amides is 1. The predicted molar refractivity (Wildman–Crippen MR) is 116 cm³/mol. The molecule has 0 saturated heterocycles. The fraction of sp³-hybridized carbons (Fsp3) is 0.571. The Morgan fingerprint density at radius 1 is 1.25 bits per heavy atom. The maximum atomic E-state index is 12.7. The molecule has 0 bridgehead atoms. The number of carbonyl (C=O) groups is 2. The molecule has 28 heavy (non-hydrogen) atoms. The van der Waals surface area contributed by atoms with Crippen LogP contribution in [-0.4, -0.2) is 33.5 Å². The average Bonchev–Trinajstić information content (AvgIpc) is 3.25. The van der Waals surface area contributed by atoms with Crippen molar-refractivity contribution >= 4 is 34.8 Å². The van der Waals surface area contributed by atoms with Crippen molar-refractivity contribution in [1.29, 1.82) is 0 Å². The van der Waals surface area contributed by atoms with Crippen LogP contribution in [0.2, 0.25) is 0 Å². The Bertz CT molecular complexity index is 835. The lowest BCUT2D eigenvalue weighted by Crippen LogP contribution is -2.22. The molecule has 152 valence electrons. The Kier molecular flexibility index (Phi) is 7.35. The van der Waals surface area contributed by atoms with Gasteiger partial charge in [-0.25, -0.2) is 4.98 Å². The molecule has 0 radical (unpaired) electrons. The highest BCUT2D eigenvalue weighted by atomic mass is 32.2. The summed E-state index contributed by atoms with van der Waals surface area (Å²) in [5, 5.41) is 3.78. The molecular weight excluding hydrogens is 390 g/mol. The van der Waals surface area contributed by atoms with Crippen LogP contribution in [0.15, 0.2) is 17.3 Å². The molecule has 0 unspecified atom stereocenters. The largest absolute Gasteiger partial charge is 0.356 e. The number of ketones is 1. The van der Waals surface area contributed by atoms with E-state index in [4.69, 9.17) is 4.98 Å². The van der Waals surface area contributed by atoms with Gasteiger partial charge in [0.25, 0.3) is 0 Å². The number of rotatable bonds is 8. The number of thioether (sulfide) groups is 1. The number of aryl methyl sites for hydroxylation is 1. The van der Waals surface area contributed by atoms with Crippen molar-refractivity contribution in [1.82, 2.24) is 14.9 Å². The first kappa shape index (κ1) is 21.1. The van der Waals surface area contributed by atoms with Crippen molar-refractivity contribution in [2.24, 2.45) is 0 Å². The summed E-state index contributed by atoms with van der Waals surface area (Å²) < 4.78 is 2.37. The standard InChI is InChI=1S/C21H29N3O2S2/c1-14-15(2)24(17-7-5-4-6-8-17)21(23-14)27-13-19(26)20-10-9-18(28-20)11-12-22-16(3)25/h9-10,17H,4-8,11-13H2,1-3H3,(H,22,25). The molecule has 1 N–H and O–H groups in total. The Morgan fingerprint density at radius 2 is 2.00 bits per heavy atom. The Balaban J connectivity index is 1.61. The Morgan fingerprint density at radius 3 is 2.71 bits per heavy atom. The smallest absolute Gasteiger partial charge is 0.216 e. The van der Waals surface area contributed by atoms with Gasteiger partial charge in [-0.15, -0.1) is 11.3 Å². The molecule has 2 aromatic rings. The van der Waals surface area contributed by atoms with E-state index in [-0.39, 0.29) is 11.7 Å². The minimum Gasteiger partial charge on any atom is -0.356 e. The van der Waals surface area contributed by atoms with Gasteiger partial charge < -0.3 is 9.88 Å². The molecule has 2 aromatic heterocycles. The van der Waals surface area contributed by atoms with Gasteiger partial charge in [0.15, 0.2) is 10.9 Å². The second kappa shape index (κ2) is 9.74. The average molecular weight is 420 g/mol. The third-order valence-electron chi connectivity index (χ3n) is 5.31. The summed E-state index contributed by atoms with van der Waals surface area (Å²) in [6, 6.07) is 4.41. The van der Waals surface area contributed by atoms with Crippen LogP contribution in [0, 0.1) is 13.8 Å². The number of carbonyl (C=O) groups excluding carboxylic acids is 2. The lowest BCUT2D eigenvalue weighted by atomic mass is 9.95. The number of nitrogens with zero attached hydrogens (tertiary/aromatic N) is 2. The van der Waals surface area contributed by atoms with E-state index >= 15 is 0 Å². The minimum atomic E-state index is -0.0247. The van der Waals surface area contributed by atoms with Gasteiger partial charge in [-0.3, -0.25) is 9.59 Å². The van der Waals surface area contributed by atoms with Crippen LogP contribution in [0.5, 0.6) is 0 Å². The summed E-state index contributed by atoms with van der Waals surface area (Å²) in [6.45, 7) is 6.32. The van der Waals surface area contributed by atoms with Crippen molar-refractivity contribution in [3.8, 4) is 0 Å². The molecule has 0 atom stereocenters. The summed E-state index contributed by atoms with van der Waals surface area (Å²) in [7, 11) is 0. The SMILES string of the molecule is CC(=O)NCCc1ccc(C(=O)CSc2nc(C)c(C)n2C2CCCCC2)s1. The molecule has 1 fully saturated rings. The quantitative estimate of drug-likeness (QED) is 0.497. The van der Waals surface area contributed by atoms with Crippen molar-refractivity contribution < 1.29 is 9.59 Å². The Hall–Kier alpha value is -1.60.